The number of hydrogen-bond acceptors (Lipinski definition) is 4. The molecule has 0 fully saturated rings. The van der Waals surface area contributed by atoms with E-state index in [2.05, 4.69) is 0 Å². The smallest absolute Gasteiger partial charge is 0.261 e. The Bertz CT molecular complexity index is 582. The second kappa shape index (κ2) is 6.95. The summed E-state index contributed by atoms with van der Waals surface area (Å²) in [6.45, 7) is 4.98. The van der Waals surface area contributed by atoms with E-state index in [1.165, 1.54) is 25.3 Å². The highest BCUT2D eigenvalue weighted by Crippen LogP contribution is 2.25. The van der Waals surface area contributed by atoms with Crippen molar-refractivity contribution in [3.8, 4) is 5.75 Å². The Hall–Kier alpha value is -1.27. The molecular formula is C13H18ClNO4S. The molecule has 1 aromatic rings. The third kappa shape index (κ3) is 4.11. The van der Waals surface area contributed by atoms with Crippen LogP contribution in [0.2, 0.25) is 0 Å². The molecule has 1 amide bonds. The molecule has 0 saturated carbocycles. The van der Waals surface area contributed by atoms with E-state index in [1.54, 1.807) is 4.90 Å². The van der Waals surface area contributed by atoms with E-state index in [0.717, 1.165) is 0 Å². The standard InChI is InChI=1S/C13H18ClNO4S/c1-4-15(5-2)13(16)9-10-8-11(20(14,17)18)6-7-12(10)19-3/h6-8H,4-5,9H2,1-3H3. The lowest BCUT2D eigenvalue weighted by atomic mass is 10.1. The van der Waals surface area contributed by atoms with Gasteiger partial charge in [-0.1, -0.05) is 0 Å². The fourth-order valence-electron chi connectivity index (χ4n) is 1.90. The number of nitrogens with zero attached hydrogens (tertiary/aromatic N) is 1. The van der Waals surface area contributed by atoms with Crippen LogP contribution in [0.5, 0.6) is 5.75 Å². The van der Waals surface area contributed by atoms with E-state index in [9.17, 15) is 13.2 Å². The molecule has 0 unspecified atom stereocenters. The van der Waals surface area contributed by atoms with Crippen molar-refractivity contribution in [2.45, 2.75) is 25.2 Å². The summed E-state index contributed by atoms with van der Waals surface area (Å²) in [5, 5.41) is 0. The van der Waals surface area contributed by atoms with Crippen molar-refractivity contribution in [3.05, 3.63) is 23.8 Å². The average Bonchev–Trinajstić information content (AvgIpc) is 2.39. The SMILES string of the molecule is CCN(CC)C(=O)Cc1cc(S(=O)(=O)Cl)ccc1OC. The van der Waals surface area contributed by atoms with Crippen molar-refractivity contribution in [2.75, 3.05) is 20.2 Å². The summed E-state index contributed by atoms with van der Waals surface area (Å²) in [6.07, 6.45) is 0.0745. The van der Waals surface area contributed by atoms with Crippen LogP contribution in [0, 0.1) is 0 Å². The van der Waals surface area contributed by atoms with Gasteiger partial charge in [-0.15, -0.1) is 0 Å². The number of ether oxygens (including phenoxy) is 1. The number of likely N-dealkylation sites (N-methyl/N-ethyl adjacent to an activating group) is 1. The second-order valence-electron chi connectivity index (χ2n) is 4.15. The summed E-state index contributed by atoms with van der Waals surface area (Å²) in [7, 11) is 2.96. The lowest BCUT2D eigenvalue weighted by Gasteiger charge is -2.19. The Morgan fingerprint density at radius 2 is 1.90 bits per heavy atom. The van der Waals surface area contributed by atoms with Crippen molar-refractivity contribution in [3.63, 3.8) is 0 Å². The largest absolute Gasteiger partial charge is 0.496 e. The van der Waals surface area contributed by atoms with Gasteiger partial charge >= 0.3 is 0 Å². The number of carbonyl (C=O) groups is 1. The number of benzene rings is 1. The molecule has 0 aromatic heterocycles. The maximum Gasteiger partial charge on any atom is 0.261 e. The number of amides is 1. The summed E-state index contributed by atoms with van der Waals surface area (Å²) in [6, 6.07) is 4.23. The second-order valence-corrected chi connectivity index (χ2v) is 6.72. The van der Waals surface area contributed by atoms with Crippen LogP contribution in [0.3, 0.4) is 0 Å². The van der Waals surface area contributed by atoms with Crippen LogP contribution in [0.25, 0.3) is 0 Å². The first kappa shape index (κ1) is 16.8. The molecule has 0 spiro atoms. The molecule has 7 heteroatoms. The Morgan fingerprint density at radius 3 is 2.35 bits per heavy atom. The van der Waals surface area contributed by atoms with Crippen molar-refractivity contribution in [2.24, 2.45) is 0 Å². The van der Waals surface area contributed by atoms with Gasteiger partial charge in [0, 0.05) is 29.3 Å². The molecule has 0 atom stereocenters. The third-order valence-electron chi connectivity index (χ3n) is 2.99. The monoisotopic (exact) mass is 319 g/mol. The summed E-state index contributed by atoms with van der Waals surface area (Å²) in [5.74, 6) is 0.381. The van der Waals surface area contributed by atoms with Gasteiger partial charge in [-0.05, 0) is 32.0 Å². The molecule has 0 aliphatic heterocycles. The third-order valence-corrected chi connectivity index (χ3v) is 4.34. The lowest BCUT2D eigenvalue weighted by Crippen LogP contribution is -2.31. The number of carbonyl (C=O) groups excluding carboxylic acids is 1. The van der Waals surface area contributed by atoms with Gasteiger partial charge in [0.1, 0.15) is 5.75 Å². The molecule has 0 aliphatic carbocycles. The average molecular weight is 320 g/mol. The predicted molar refractivity (Wildman–Crippen MR) is 77.7 cm³/mol. The fourth-order valence-corrected chi connectivity index (χ4v) is 2.70. The Kier molecular flexibility index (Phi) is 5.83. The summed E-state index contributed by atoms with van der Waals surface area (Å²) < 4.78 is 27.8. The maximum absolute atomic E-state index is 12.1. The molecule has 0 heterocycles. The van der Waals surface area contributed by atoms with Gasteiger partial charge in [0.15, 0.2) is 0 Å². The molecule has 112 valence electrons. The Labute approximate surface area is 123 Å². The highest BCUT2D eigenvalue weighted by molar-refractivity contribution is 8.13. The Balaban J connectivity index is 3.12. The van der Waals surface area contributed by atoms with Gasteiger partial charge in [0.05, 0.1) is 18.4 Å². The molecule has 1 rings (SSSR count). The van der Waals surface area contributed by atoms with Crippen molar-refractivity contribution in [1.29, 1.82) is 0 Å². The molecular weight excluding hydrogens is 302 g/mol. The molecule has 0 bridgehead atoms. The van der Waals surface area contributed by atoms with E-state index in [0.29, 0.717) is 24.4 Å². The summed E-state index contributed by atoms with van der Waals surface area (Å²) in [4.78, 5) is 13.7. The van der Waals surface area contributed by atoms with Gasteiger partial charge in [0.25, 0.3) is 9.05 Å². The molecule has 0 radical (unpaired) electrons. The number of rotatable bonds is 6. The van der Waals surface area contributed by atoms with Gasteiger partial charge in [-0.2, -0.15) is 0 Å². The first-order valence-electron chi connectivity index (χ1n) is 6.22. The van der Waals surface area contributed by atoms with E-state index >= 15 is 0 Å². The van der Waals surface area contributed by atoms with E-state index in [1.807, 2.05) is 13.8 Å². The van der Waals surface area contributed by atoms with Gasteiger partial charge in [-0.25, -0.2) is 8.42 Å². The molecule has 0 saturated heterocycles. The van der Waals surface area contributed by atoms with Crippen molar-refractivity contribution < 1.29 is 17.9 Å². The van der Waals surface area contributed by atoms with Crippen LogP contribution < -0.4 is 4.74 Å². The quantitative estimate of drug-likeness (QED) is 0.753. The summed E-state index contributed by atoms with van der Waals surface area (Å²) in [5.41, 5.74) is 0.506. The van der Waals surface area contributed by atoms with Crippen LogP contribution in [0.4, 0.5) is 0 Å². The lowest BCUT2D eigenvalue weighted by molar-refractivity contribution is -0.130. The van der Waals surface area contributed by atoms with Crippen LogP contribution in [-0.4, -0.2) is 39.4 Å². The highest BCUT2D eigenvalue weighted by atomic mass is 35.7. The zero-order valence-electron chi connectivity index (χ0n) is 11.7. The van der Waals surface area contributed by atoms with E-state index in [4.69, 9.17) is 15.4 Å². The predicted octanol–water partition coefficient (Wildman–Crippen LogP) is 2.03. The van der Waals surface area contributed by atoms with Gasteiger partial charge in [-0.3, -0.25) is 4.79 Å². The maximum atomic E-state index is 12.1. The zero-order valence-corrected chi connectivity index (χ0v) is 13.3. The normalized spacial score (nSPS) is 11.2. The molecule has 5 nitrogen and oxygen atoms in total. The molecule has 0 aliphatic rings. The van der Waals surface area contributed by atoms with Crippen LogP contribution in [0.1, 0.15) is 19.4 Å². The van der Waals surface area contributed by atoms with Crippen LogP contribution in [0.15, 0.2) is 23.1 Å². The topological polar surface area (TPSA) is 63.7 Å². The van der Waals surface area contributed by atoms with Crippen LogP contribution >= 0.6 is 10.7 Å². The minimum absolute atomic E-state index is 0.0395. The fraction of sp³-hybridized carbons (Fsp3) is 0.462. The minimum Gasteiger partial charge on any atom is -0.496 e. The zero-order chi connectivity index (χ0) is 15.3. The minimum atomic E-state index is -3.83. The number of halogens is 1. The first-order valence-corrected chi connectivity index (χ1v) is 8.53. The Morgan fingerprint density at radius 1 is 1.30 bits per heavy atom. The van der Waals surface area contributed by atoms with E-state index in [-0.39, 0.29) is 17.2 Å². The van der Waals surface area contributed by atoms with Gasteiger partial charge < -0.3 is 9.64 Å². The molecule has 1 aromatic carbocycles. The molecule has 20 heavy (non-hydrogen) atoms. The number of methoxy groups -OCH3 is 1. The molecule has 0 N–H and O–H groups in total. The van der Waals surface area contributed by atoms with Crippen molar-refractivity contribution >= 4 is 25.6 Å². The van der Waals surface area contributed by atoms with E-state index < -0.39 is 9.05 Å². The highest BCUT2D eigenvalue weighted by Gasteiger charge is 2.17. The first-order chi connectivity index (χ1) is 9.33. The van der Waals surface area contributed by atoms with Crippen molar-refractivity contribution in [1.82, 2.24) is 4.90 Å². The van der Waals surface area contributed by atoms with Crippen LogP contribution in [-0.2, 0) is 20.3 Å². The summed E-state index contributed by atoms with van der Waals surface area (Å²) >= 11 is 0. The number of hydrogen-bond donors (Lipinski definition) is 0. The van der Waals surface area contributed by atoms with Gasteiger partial charge in [0.2, 0.25) is 5.91 Å².